The molecule has 1 aromatic heterocycles. The summed E-state index contributed by atoms with van der Waals surface area (Å²) in [6.07, 6.45) is 3.21. The SMILES string of the molecule is CCn1nccc1C(O)(CC)CC. The van der Waals surface area contributed by atoms with Gasteiger partial charge < -0.3 is 5.11 Å². The van der Waals surface area contributed by atoms with Crippen molar-refractivity contribution in [2.75, 3.05) is 0 Å². The van der Waals surface area contributed by atoms with Crippen molar-refractivity contribution in [1.29, 1.82) is 0 Å². The minimum Gasteiger partial charge on any atom is -0.384 e. The number of aliphatic hydroxyl groups is 1. The molecule has 0 unspecified atom stereocenters. The Labute approximate surface area is 79.4 Å². The van der Waals surface area contributed by atoms with Crippen LogP contribution in [-0.2, 0) is 12.1 Å². The molecule has 0 aliphatic rings. The second-order valence-electron chi connectivity index (χ2n) is 3.27. The number of aromatic nitrogens is 2. The molecule has 3 heteroatoms. The van der Waals surface area contributed by atoms with Gasteiger partial charge in [0.2, 0.25) is 0 Å². The quantitative estimate of drug-likeness (QED) is 0.772. The molecule has 0 saturated heterocycles. The Morgan fingerprint density at radius 3 is 2.46 bits per heavy atom. The van der Waals surface area contributed by atoms with Gasteiger partial charge in [0.25, 0.3) is 0 Å². The summed E-state index contributed by atoms with van der Waals surface area (Å²) in [7, 11) is 0. The standard InChI is InChI=1S/C10H18N2O/c1-4-10(13,5-2)9-7-8-11-12(9)6-3/h7-8,13H,4-6H2,1-3H3. The Kier molecular flexibility index (Phi) is 3.09. The molecule has 0 spiro atoms. The summed E-state index contributed by atoms with van der Waals surface area (Å²) in [5.41, 5.74) is 0.229. The molecule has 1 heterocycles. The van der Waals surface area contributed by atoms with E-state index in [-0.39, 0.29) is 0 Å². The van der Waals surface area contributed by atoms with Crippen LogP contribution in [0.15, 0.2) is 12.3 Å². The highest BCUT2D eigenvalue weighted by Gasteiger charge is 2.27. The first-order chi connectivity index (χ1) is 6.18. The Balaban J connectivity index is 3.03. The topological polar surface area (TPSA) is 38.0 Å². The van der Waals surface area contributed by atoms with Gasteiger partial charge in [-0.15, -0.1) is 0 Å². The van der Waals surface area contributed by atoms with Crippen LogP contribution < -0.4 is 0 Å². The van der Waals surface area contributed by atoms with E-state index in [9.17, 15) is 5.11 Å². The van der Waals surface area contributed by atoms with Crippen molar-refractivity contribution in [1.82, 2.24) is 9.78 Å². The van der Waals surface area contributed by atoms with Crippen molar-refractivity contribution in [3.63, 3.8) is 0 Å². The molecule has 1 N–H and O–H groups in total. The molecular formula is C10H18N2O. The lowest BCUT2D eigenvalue weighted by Crippen LogP contribution is -2.27. The van der Waals surface area contributed by atoms with Crippen LogP contribution in [-0.4, -0.2) is 14.9 Å². The summed E-state index contributed by atoms with van der Waals surface area (Å²) in [6.45, 7) is 6.83. The minimum absolute atomic E-state index is 0.702. The van der Waals surface area contributed by atoms with Gasteiger partial charge >= 0.3 is 0 Å². The van der Waals surface area contributed by atoms with Crippen molar-refractivity contribution >= 4 is 0 Å². The Morgan fingerprint density at radius 1 is 1.38 bits per heavy atom. The third kappa shape index (κ3) is 1.75. The first-order valence-corrected chi connectivity index (χ1v) is 4.92. The van der Waals surface area contributed by atoms with E-state index in [4.69, 9.17) is 0 Å². The second-order valence-corrected chi connectivity index (χ2v) is 3.27. The van der Waals surface area contributed by atoms with Crippen LogP contribution >= 0.6 is 0 Å². The van der Waals surface area contributed by atoms with E-state index >= 15 is 0 Å². The predicted molar refractivity (Wildman–Crippen MR) is 52.4 cm³/mol. The molecular weight excluding hydrogens is 164 g/mol. The predicted octanol–water partition coefficient (Wildman–Crippen LogP) is 1.91. The van der Waals surface area contributed by atoms with Gasteiger partial charge in [-0.3, -0.25) is 4.68 Å². The number of nitrogens with zero attached hydrogens (tertiary/aromatic N) is 2. The molecule has 0 aliphatic heterocycles. The largest absolute Gasteiger partial charge is 0.384 e. The van der Waals surface area contributed by atoms with E-state index in [1.807, 2.05) is 31.5 Å². The highest BCUT2D eigenvalue weighted by molar-refractivity contribution is 5.11. The van der Waals surface area contributed by atoms with Gasteiger partial charge in [0.05, 0.1) is 5.69 Å². The molecule has 0 amide bonds. The van der Waals surface area contributed by atoms with E-state index in [1.165, 1.54) is 0 Å². The summed E-state index contributed by atoms with van der Waals surface area (Å²) in [4.78, 5) is 0. The minimum atomic E-state index is -0.702. The van der Waals surface area contributed by atoms with Gasteiger partial charge in [-0.2, -0.15) is 5.10 Å². The van der Waals surface area contributed by atoms with E-state index in [1.54, 1.807) is 6.20 Å². The van der Waals surface area contributed by atoms with Crippen LogP contribution in [0.4, 0.5) is 0 Å². The molecule has 3 nitrogen and oxygen atoms in total. The lowest BCUT2D eigenvalue weighted by molar-refractivity contribution is 0.0194. The van der Waals surface area contributed by atoms with Crippen LogP contribution in [0.25, 0.3) is 0 Å². The average molecular weight is 182 g/mol. The van der Waals surface area contributed by atoms with Gasteiger partial charge in [-0.1, -0.05) is 13.8 Å². The van der Waals surface area contributed by atoms with Crippen molar-refractivity contribution in [3.8, 4) is 0 Å². The number of hydrogen-bond acceptors (Lipinski definition) is 2. The fraction of sp³-hybridized carbons (Fsp3) is 0.700. The second kappa shape index (κ2) is 3.92. The van der Waals surface area contributed by atoms with Gasteiger partial charge in [0.15, 0.2) is 0 Å². The van der Waals surface area contributed by atoms with Crippen LogP contribution in [0.1, 0.15) is 39.3 Å². The maximum absolute atomic E-state index is 10.2. The van der Waals surface area contributed by atoms with E-state index < -0.39 is 5.60 Å². The third-order valence-corrected chi connectivity index (χ3v) is 2.66. The van der Waals surface area contributed by atoms with Crippen LogP contribution in [0.5, 0.6) is 0 Å². The van der Waals surface area contributed by atoms with Gasteiger partial charge in [-0.25, -0.2) is 0 Å². The summed E-state index contributed by atoms with van der Waals surface area (Å²) in [5.74, 6) is 0. The van der Waals surface area contributed by atoms with E-state index in [0.717, 1.165) is 25.1 Å². The summed E-state index contributed by atoms with van der Waals surface area (Å²) in [6, 6.07) is 1.90. The lowest BCUT2D eigenvalue weighted by Gasteiger charge is -2.25. The molecule has 0 aromatic carbocycles. The van der Waals surface area contributed by atoms with Crippen LogP contribution in [0.2, 0.25) is 0 Å². The average Bonchev–Trinajstić information content (AvgIpc) is 2.65. The van der Waals surface area contributed by atoms with Crippen molar-refractivity contribution < 1.29 is 5.11 Å². The van der Waals surface area contributed by atoms with Gasteiger partial charge in [-0.05, 0) is 25.8 Å². The van der Waals surface area contributed by atoms with Crippen LogP contribution in [0.3, 0.4) is 0 Å². The zero-order valence-corrected chi connectivity index (χ0v) is 8.62. The first kappa shape index (κ1) is 10.3. The molecule has 0 aliphatic carbocycles. The molecule has 0 fully saturated rings. The summed E-state index contributed by atoms with van der Waals surface area (Å²) in [5, 5.41) is 14.4. The monoisotopic (exact) mass is 182 g/mol. The van der Waals surface area contributed by atoms with Gasteiger partial charge in [0, 0.05) is 12.7 Å². The Bertz CT molecular complexity index is 264. The zero-order valence-electron chi connectivity index (χ0n) is 8.62. The fourth-order valence-electron chi connectivity index (χ4n) is 1.59. The fourth-order valence-corrected chi connectivity index (χ4v) is 1.59. The molecule has 74 valence electrons. The summed E-state index contributed by atoms with van der Waals surface area (Å²) >= 11 is 0. The van der Waals surface area contributed by atoms with Crippen molar-refractivity contribution in [3.05, 3.63) is 18.0 Å². The highest BCUT2D eigenvalue weighted by Crippen LogP contribution is 2.27. The molecule has 0 atom stereocenters. The molecule has 0 saturated carbocycles. The zero-order chi connectivity index (χ0) is 9.90. The smallest absolute Gasteiger partial charge is 0.106 e. The van der Waals surface area contributed by atoms with Crippen LogP contribution in [0, 0.1) is 0 Å². The van der Waals surface area contributed by atoms with Gasteiger partial charge in [0.1, 0.15) is 5.60 Å². The van der Waals surface area contributed by atoms with E-state index in [0.29, 0.717) is 0 Å². The normalized spacial score (nSPS) is 12.0. The number of rotatable bonds is 4. The molecule has 13 heavy (non-hydrogen) atoms. The van der Waals surface area contributed by atoms with Crippen molar-refractivity contribution in [2.24, 2.45) is 0 Å². The number of aryl methyl sites for hydroxylation is 1. The first-order valence-electron chi connectivity index (χ1n) is 4.92. The Morgan fingerprint density at radius 2 is 2.00 bits per heavy atom. The molecule has 0 bridgehead atoms. The van der Waals surface area contributed by atoms with E-state index in [2.05, 4.69) is 5.10 Å². The lowest BCUT2D eigenvalue weighted by atomic mass is 9.93. The maximum Gasteiger partial charge on any atom is 0.106 e. The molecule has 1 aromatic rings. The molecule has 1 rings (SSSR count). The highest BCUT2D eigenvalue weighted by atomic mass is 16.3. The maximum atomic E-state index is 10.2. The Hall–Kier alpha value is -0.830. The summed E-state index contributed by atoms with van der Waals surface area (Å²) < 4.78 is 1.85. The van der Waals surface area contributed by atoms with Crippen molar-refractivity contribution in [2.45, 2.75) is 45.8 Å². The number of hydrogen-bond donors (Lipinski definition) is 1. The third-order valence-electron chi connectivity index (χ3n) is 2.66. The molecule has 0 radical (unpaired) electrons.